The van der Waals surface area contributed by atoms with Gasteiger partial charge in [-0.2, -0.15) is 30.0 Å². The van der Waals surface area contributed by atoms with Crippen LogP contribution in [0.1, 0.15) is 6.42 Å². The number of hydrogen-bond donors (Lipinski definition) is 1. The van der Waals surface area contributed by atoms with Crippen LogP contribution in [-0.4, -0.2) is 56.5 Å². The van der Waals surface area contributed by atoms with Crippen molar-refractivity contribution in [1.29, 1.82) is 5.26 Å². The monoisotopic (exact) mass is 289 g/mol. The summed E-state index contributed by atoms with van der Waals surface area (Å²) in [7, 11) is 1.60. The molecule has 0 spiro atoms. The van der Waals surface area contributed by atoms with E-state index < -0.39 is 0 Å². The zero-order valence-corrected chi connectivity index (χ0v) is 11.5. The highest BCUT2D eigenvalue weighted by Gasteiger charge is 2.13. The van der Waals surface area contributed by atoms with Crippen molar-refractivity contribution in [3.8, 4) is 12.0 Å². The number of ether oxygens (including phenoxy) is 1. The standard InChI is InChI=1S/C11H15N9O/c1-21-6-5-19(4-2-3-12)10-16-9(13)17-11(18-10)20-8-14-7-15-20/h7-8H,2,4-6H2,1H3,(H2,13,16,17,18). The number of nitriles is 1. The van der Waals surface area contributed by atoms with Gasteiger partial charge in [-0.1, -0.05) is 0 Å². The minimum Gasteiger partial charge on any atom is -0.383 e. The smallest absolute Gasteiger partial charge is 0.258 e. The van der Waals surface area contributed by atoms with E-state index in [-0.39, 0.29) is 11.9 Å². The largest absolute Gasteiger partial charge is 0.383 e. The molecular formula is C11H15N9O. The van der Waals surface area contributed by atoms with Gasteiger partial charge in [0.25, 0.3) is 5.95 Å². The maximum Gasteiger partial charge on any atom is 0.258 e. The highest BCUT2D eigenvalue weighted by Crippen LogP contribution is 2.11. The second-order valence-electron chi connectivity index (χ2n) is 4.02. The molecule has 0 aliphatic heterocycles. The van der Waals surface area contributed by atoms with E-state index in [9.17, 15) is 0 Å². The Kier molecular flexibility index (Phi) is 4.94. The highest BCUT2D eigenvalue weighted by molar-refractivity contribution is 5.37. The highest BCUT2D eigenvalue weighted by atomic mass is 16.5. The van der Waals surface area contributed by atoms with Crippen LogP contribution >= 0.6 is 0 Å². The van der Waals surface area contributed by atoms with Crippen molar-refractivity contribution >= 4 is 11.9 Å². The zero-order chi connectivity index (χ0) is 15.1. The molecule has 10 nitrogen and oxygen atoms in total. The van der Waals surface area contributed by atoms with E-state index in [0.29, 0.717) is 32.1 Å². The average Bonchev–Trinajstić information content (AvgIpc) is 3.01. The minimum atomic E-state index is 0.0740. The molecule has 0 saturated carbocycles. The van der Waals surface area contributed by atoms with E-state index in [1.165, 1.54) is 17.3 Å². The molecule has 2 aromatic rings. The lowest BCUT2D eigenvalue weighted by molar-refractivity contribution is 0.205. The van der Waals surface area contributed by atoms with Crippen molar-refractivity contribution in [3.63, 3.8) is 0 Å². The van der Waals surface area contributed by atoms with Gasteiger partial charge in [-0.05, 0) is 0 Å². The molecular weight excluding hydrogens is 274 g/mol. The van der Waals surface area contributed by atoms with Gasteiger partial charge in [0.15, 0.2) is 0 Å². The third-order valence-corrected chi connectivity index (χ3v) is 2.59. The minimum absolute atomic E-state index is 0.0740. The van der Waals surface area contributed by atoms with Crippen LogP contribution < -0.4 is 10.6 Å². The van der Waals surface area contributed by atoms with Gasteiger partial charge < -0.3 is 15.4 Å². The average molecular weight is 289 g/mol. The van der Waals surface area contributed by atoms with Gasteiger partial charge in [-0.25, -0.2) is 4.98 Å². The van der Waals surface area contributed by atoms with Crippen LogP contribution in [0.15, 0.2) is 12.7 Å². The molecule has 0 radical (unpaired) electrons. The normalized spacial score (nSPS) is 10.3. The summed E-state index contributed by atoms with van der Waals surface area (Å²) in [5.41, 5.74) is 5.71. The first-order chi connectivity index (χ1) is 10.2. The molecule has 0 aliphatic rings. The van der Waals surface area contributed by atoms with E-state index in [2.05, 4.69) is 31.1 Å². The fraction of sp³-hybridized carbons (Fsp3) is 0.455. The summed E-state index contributed by atoms with van der Waals surface area (Å²) in [5, 5.41) is 12.7. The number of rotatable bonds is 7. The molecule has 2 rings (SSSR count). The van der Waals surface area contributed by atoms with Gasteiger partial charge in [0.05, 0.1) is 19.1 Å². The zero-order valence-electron chi connectivity index (χ0n) is 11.5. The molecule has 2 heterocycles. The third kappa shape index (κ3) is 3.83. The van der Waals surface area contributed by atoms with Gasteiger partial charge in [0.1, 0.15) is 12.7 Å². The van der Waals surface area contributed by atoms with E-state index in [0.717, 1.165) is 0 Å². The van der Waals surface area contributed by atoms with Crippen molar-refractivity contribution in [1.82, 2.24) is 29.7 Å². The lowest BCUT2D eigenvalue weighted by Crippen LogP contribution is -2.30. The first kappa shape index (κ1) is 14.6. The summed E-state index contributed by atoms with van der Waals surface area (Å²) in [4.78, 5) is 18.1. The molecule has 0 saturated heterocycles. The summed E-state index contributed by atoms with van der Waals surface area (Å²) in [6.45, 7) is 1.49. The molecule has 21 heavy (non-hydrogen) atoms. The van der Waals surface area contributed by atoms with Crippen molar-refractivity contribution in [2.75, 3.05) is 37.4 Å². The molecule has 2 N–H and O–H groups in total. The first-order valence-corrected chi connectivity index (χ1v) is 6.22. The summed E-state index contributed by atoms with van der Waals surface area (Å²) < 4.78 is 6.44. The first-order valence-electron chi connectivity index (χ1n) is 6.22. The van der Waals surface area contributed by atoms with Crippen molar-refractivity contribution in [3.05, 3.63) is 12.7 Å². The Morgan fingerprint density at radius 3 is 2.90 bits per heavy atom. The van der Waals surface area contributed by atoms with Gasteiger partial charge in [-0.15, -0.1) is 0 Å². The fourth-order valence-corrected chi connectivity index (χ4v) is 1.62. The van der Waals surface area contributed by atoms with Crippen molar-refractivity contribution in [2.45, 2.75) is 6.42 Å². The molecule has 110 valence electrons. The van der Waals surface area contributed by atoms with Gasteiger partial charge in [-0.3, -0.25) is 0 Å². The fourth-order valence-electron chi connectivity index (χ4n) is 1.62. The summed E-state index contributed by atoms with van der Waals surface area (Å²) in [6, 6.07) is 2.09. The van der Waals surface area contributed by atoms with Crippen LogP contribution in [0.3, 0.4) is 0 Å². The number of anilines is 2. The van der Waals surface area contributed by atoms with E-state index in [1.54, 1.807) is 7.11 Å². The lowest BCUT2D eigenvalue weighted by atomic mass is 10.4. The number of hydrogen-bond acceptors (Lipinski definition) is 9. The predicted octanol–water partition coefficient (Wildman–Crippen LogP) is -0.599. The molecule has 0 aliphatic carbocycles. The number of nitrogens with two attached hydrogens (primary N) is 1. The van der Waals surface area contributed by atoms with Crippen LogP contribution in [-0.2, 0) is 4.74 Å². The lowest BCUT2D eigenvalue weighted by Gasteiger charge is -2.21. The maximum absolute atomic E-state index is 8.74. The second-order valence-corrected chi connectivity index (χ2v) is 4.02. The van der Waals surface area contributed by atoms with Gasteiger partial charge in [0.2, 0.25) is 11.9 Å². The molecule has 10 heteroatoms. The van der Waals surface area contributed by atoms with Crippen LogP contribution in [0.5, 0.6) is 0 Å². The van der Waals surface area contributed by atoms with Crippen LogP contribution in [0.2, 0.25) is 0 Å². The Hall–Kier alpha value is -2.80. The van der Waals surface area contributed by atoms with Gasteiger partial charge >= 0.3 is 0 Å². The molecule has 0 atom stereocenters. The molecule has 0 bridgehead atoms. The summed E-state index contributed by atoms with van der Waals surface area (Å²) in [5.74, 6) is 0.722. The van der Waals surface area contributed by atoms with Crippen LogP contribution in [0.25, 0.3) is 5.95 Å². The van der Waals surface area contributed by atoms with Crippen molar-refractivity contribution < 1.29 is 4.74 Å². The third-order valence-electron chi connectivity index (χ3n) is 2.59. The van der Waals surface area contributed by atoms with Gasteiger partial charge in [0, 0.05) is 20.2 Å². The number of nitrogens with zero attached hydrogens (tertiary/aromatic N) is 8. The Bertz CT molecular complexity index is 607. The van der Waals surface area contributed by atoms with Crippen LogP contribution in [0.4, 0.5) is 11.9 Å². The predicted molar refractivity (Wildman–Crippen MR) is 73.5 cm³/mol. The Balaban J connectivity index is 2.29. The van der Waals surface area contributed by atoms with Crippen molar-refractivity contribution in [2.24, 2.45) is 0 Å². The Morgan fingerprint density at radius 1 is 1.38 bits per heavy atom. The number of nitrogen functional groups attached to an aromatic ring is 1. The van der Waals surface area contributed by atoms with E-state index in [4.69, 9.17) is 15.7 Å². The second kappa shape index (κ2) is 7.11. The maximum atomic E-state index is 8.74. The molecule has 0 amide bonds. The summed E-state index contributed by atoms with van der Waals surface area (Å²) in [6.07, 6.45) is 3.18. The Labute approximate surface area is 121 Å². The SMILES string of the molecule is COCCN(CCC#N)c1nc(N)nc(-n2cncn2)n1. The van der Waals surface area contributed by atoms with E-state index >= 15 is 0 Å². The molecule has 0 aromatic carbocycles. The topological polar surface area (TPSA) is 132 Å². The molecule has 0 unspecified atom stereocenters. The van der Waals surface area contributed by atoms with Crippen LogP contribution in [0, 0.1) is 11.3 Å². The molecule has 0 fully saturated rings. The van der Waals surface area contributed by atoms with E-state index in [1.807, 2.05) is 4.90 Å². The Morgan fingerprint density at radius 2 is 2.24 bits per heavy atom. The quantitative estimate of drug-likeness (QED) is 0.709. The number of aromatic nitrogens is 6. The summed E-state index contributed by atoms with van der Waals surface area (Å²) >= 11 is 0. The molecule has 2 aromatic heterocycles. The number of methoxy groups -OCH3 is 1.